The van der Waals surface area contributed by atoms with Crippen molar-refractivity contribution in [3.63, 3.8) is 0 Å². The summed E-state index contributed by atoms with van der Waals surface area (Å²) in [5.74, 6) is -3.52. The van der Waals surface area contributed by atoms with E-state index in [0.717, 1.165) is 26.6 Å². The second-order valence-electron chi connectivity index (χ2n) is 26.2. The summed E-state index contributed by atoms with van der Waals surface area (Å²) >= 11 is 3.05. The fourth-order valence-corrected chi connectivity index (χ4v) is 12.0. The molecule has 630 valence electrons. The van der Waals surface area contributed by atoms with Gasteiger partial charge in [0.2, 0.25) is 5.78 Å². The number of benzene rings is 4. The Labute approximate surface area is 707 Å². The summed E-state index contributed by atoms with van der Waals surface area (Å²) in [6.07, 6.45) is 15.1. The molecule has 0 fully saturated rings. The van der Waals surface area contributed by atoms with Crippen molar-refractivity contribution in [3.05, 3.63) is 297 Å². The van der Waals surface area contributed by atoms with E-state index in [2.05, 4.69) is 104 Å². The number of allylic oxidation sites excluding steroid dienone is 1. The van der Waals surface area contributed by atoms with Gasteiger partial charge in [-0.2, -0.15) is 0 Å². The number of alkyl halides is 1. The van der Waals surface area contributed by atoms with Crippen molar-refractivity contribution >= 4 is 115 Å². The van der Waals surface area contributed by atoms with Gasteiger partial charge in [0, 0.05) is 145 Å². The number of ketones is 3. The highest BCUT2D eigenvalue weighted by Crippen LogP contribution is 2.33. The number of nitrogens with two attached hydrogens (primary N) is 1. The summed E-state index contributed by atoms with van der Waals surface area (Å²) in [4.78, 5) is 187. The molecule has 4 aromatic carbocycles. The second-order valence-corrected chi connectivity index (χ2v) is 26.8. The lowest BCUT2D eigenvalue weighted by Crippen LogP contribution is -2.34. The second kappa shape index (κ2) is 41.5. The Morgan fingerprint density at radius 1 is 0.423 bits per heavy atom. The number of H-pyrrole nitrogens is 6. The average molecular weight is 1740 g/mol. The molecule has 0 spiro atoms. The SMILES string of the molecule is CNC(=O)c1cc(-c2oncc2N)c[nH]1.CNC(=O)c1cc(-c2oncc2NC(=O)c2ccccc2)c[nH]1.CNC(=O)c1cc(-c2oncc2NCc2ccccc2)c[nH]1.CNC(=O)c1cc(C(=O)/C(=C/N(C)C)N2C(=O)c3ccccc3C2=O)c[nH]1.CNC(=O)c1cc(C(=O)CBr)c[nH]1.CNC(=O)c1cc(C(=O)CN2C(=O)c3ccccc3C2=O)c[nH]1. The standard InChI is InChI=1S/C19H18N4O4.C16H14N4O3.C16H16N4O2.C16H13N3O4.C9H10N4O2.C8H9BrN2O2/c1-20-17(25)14-8-11(9-21-14)16(24)15(10-22(2)3)23-18(26)12-6-4-5-7-13(12)19(23)27;1-17-16(22)12-7-11(8-18-12)14-13(9-19-23-14)20-15(21)10-5-3-2-4-6-10;1-17-16(21)13-7-12(9-19-13)15-14(10-20-22-15)18-8-11-5-3-2-4-6-11;1-17-14(21)12-6-9(7-18-12)13(20)8-19-15(22)10-4-2-3-5-11(10)16(19)23;1-11-9(14)7-2-5(3-12-7)8-6(10)4-13-15-8;1-10-8(13)6-2-5(4-11-6)7(12)3-9/h4-10,21H,1-3H3,(H,20,25);2-9,18H,1H3,(H,17,22)(H,20,21);2-7,9-10,18-19H,8H2,1H3,(H,17,21);2-7,18H,8H2,1H3,(H,17,21);2-4,12H,10H2,1H3,(H,11,14);2,4,11H,3H2,1H3,(H,10,13)/b15-10-;;;;;. The van der Waals surface area contributed by atoms with Crippen LogP contribution in [-0.4, -0.2) is 211 Å². The fraction of sp³-hybridized carbons (Fsp3) is 0.131. The van der Waals surface area contributed by atoms with E-state index in [9.17, 15) is 67.1 Å². The van der Waals surface area contributed by atoms with Crippen molar-refractivity contribution in [2.75, 3.05) is 84.6 Å². The molecule has 39 heteroatoms. The third-order valence-electron chi connectivity index (χ3n) is 17.9. The molecule has 11 heterocycles. The maximum absolute atomic E-state index is 13.0. The van der Waals surface area contributed by atoms with Gasteiger partial charge < -0.3 is 96.6 Å². The molecule has 0 saturated carbocycles. The van der Waals surface area contributed by atoms with Crippen LogP contribution in [0.25, 0.3) is 34.0 Å². The van der Waals surface area contributed by atoms with Crippen molar-refractivity contribution in [1.82, 2.24) is 92.0 Å². The number of nitrogen functional groups attached to an aromatic ring is 1. The topological polar surface area (TPSA) is 544 Å². The van der Waals surface area contributed by atoms with Gasteiger partial charge in [0.1, 0.15) is 56.9 Å². The molecule has 13 aromatic rings. The predicted octanol–water partition coefficient (Wildman–Crippen LogP) is 8.60. The summed E-state index contributed by atoms with van der Waals surface area (Å²) in [7, 11) is 12.5. The lowest BCUT2D eigenvalue weighted by molar-refractivity contribution is 0.0622. The zero-order chi connectivity index (χ0) is 88.6. The van der Waals surface area contributed by atoms with E-state index in [0.29, 0.717) is 91.4 Å². The lowest BCUT2D eigenvalue weighted by Gasteiger charge is -2.19. The Hall–Kier alpha value is -16.6. The van der Waals surface area contributed by atoms with Crippen LogP contribution < -0.4 is 48.3 Å². The van der Waals surface area contributed by atoms with Crippen LogP contribution in [0, 0.1) is 0 Å². The highest BCUT2D eigenvalue weighted by atomic mass is 79.9. The molecule has 0 bridgehead atoms. The van der Waals surface area contributed by atoms with Crippen molar-refractivity contribution < 1.29 is 80.7 Å². The summed E-state index contributed by atoms with van der Waals surface area (Å²) in [6.45, 7) is 0.305. The summed E-state index contributed by atoms with van der Waals surface area (Å²) in [6, 6.07) is 41.0. The van der Waals surface area contributed by atoms with Gasteiger partial charge >= 0.3 is 0 Å². The molecule has 0 atom stereocenters. The molecule has 38 nitrogen and oxygen atoms in total. The van der Waals surface area contributed by atoms with E-state index in [4.69, 9.17) is 19.3 Å². The molecule has 11 amide bonds. The number of hydrogen-bond donors (Lipinski definition) is 15. The minimum atomic E-state index is -0.556. The van der Waals surface area contributed by atoms with Crippen LogP contribution in [0.3, 0.4) is 0 Å². The number of hydrogen-bond acceptors (Lipinski definition) is 23. The molecule has 15 rings (SSSR count). The number of halogens is 1. The number of carbonyl (C=O) groups excluding carboxylic acids is 14. The average Bonchev–Trinajstić information content (AvgIpc) is 1.61. The third kappa shape index (κ3) is 21.6. The zero-order valence-corrected chi connectivity index (χ0v) is 68.4. The van der Waals surface area contributed by atoms with Crippen molar-refractivity contribution in [2.45, 2.75) is 6.54 Å². The van der Waals surface area contributed by atoms with Crippen molar-refractivity contribution in [3.8, 4) is 34.0 Å². The largest absolute Gasteiger partial charge is 0.394 e. The number of nitrogens with one attached hydrogen (secondary N) is 14. The fourth-order valence-electron chi connectivity index (χ4n) is 11.7. The van der Waals surface area contributed by atoms with E-state index in [-0.39, 0.29) is 98.3 Å². The minimum absolute atomic E-state index is 0.0496. The number of carbonyl (C=O) groups is 14. The number of aromatic nitrogens is 9. The number of rotatable bonds is 23. The number of anilines is 3. The normalized spacial score (nSPS) is 11.5. The van der Waals surface area contributed by atoms with Gasteiger partial charge in [-0.25, -0.2) is 4.90 Å². The smallest absolute Gasteiger partial charge is 0.267 e. The number of imide groups is 2. The van der Waals surface area contributed by atoms with Gasteiger partial charge in [-0.1, -0.05) is 104 Å². The molecule has 2 aliphatic rings. The monoisotopic (exact) mass is 1730 g/mol. The molecule has 0 aliphatic carbocycles. The Bertz CT molecular complexity index is 5990. The van der Waals surface area contributed by atoms with Crippen LogP contribution in [0.4, 0.5) is 17.1 Å². The molecule has 2 aliphatic heterocycles. The van der Waals surface area contributed by atoms with Crippen LogP contribution in [0.5, 0.6) is 0 Å². The van der Waals surface area contributed by atoms with Crippen molar-refractivity contribution in [2.24, 2.45) is 0 Å². The Kier molecular flexibility index (Phi) is 29.9. The number of Topliss-reactive ketones (excluding diaryl/α,β-unsaturated/α-hetero) is 3. The number of aromatic amines is 6. The number of nitrogens with zero attached hydrogens (tertiary/aromatic N) is 6. The molecular weight excluding hydrogens is 1650 g/mol. The third-order valence-corrected chi connectivity index (χ3v) is 18.4. The van der Waals surface area contributed by atoms with E-state index in [1.807, 2.05) is 36.4 Å². The molecule has 16 N–H and O–H groups in total. The summed E-state index contributed by atoms with van der Waals surface area (Å²) in [5, 5.41) is 32.3. The first kappa shape index (κ1) is 88.7. The van der Waals surface area contributed by atoms with Crippen LogP contribution >= 0.6 is 15.9 Å². The maximum Gasteiger partial charge on any atom is 0.267 e. The molecule has 0 unspecified atom stereocenters. The molecule has 123 heavy (non-hydrogen) atoms. The Morgan fingerprint density at radius 2 is 0.780 bits per heavy atom. The quantitative estimate of drug-likeness (QED) is 0.0123. The van der Waals surface area contributed by atoms with E-state index >= 15 is 0 Å². The zero-order valence-electron chi connectivity index (χ0n) is 66.8. The van der Waals surface area contributed by atoms with Crippen LogP contribution in [0.1, 0.15) is 151 Å². The van der Waals surface area contributed by atoms with Gasteiger partial charge in [-0.15, -0.1) is 0 Å². The first-order valence-corrected chi connectivity index (χ1v) is 38.0. The van der Waals surface area contributed by atoms with Gasteiger partial charge in [0.25, 0.3) is 65.0 Å². The van der Waals surface area contributed by atoms with Crippen LogP contribution in [0.2, 0.25) is 0 Å². The Balaban J connectivity index is 0.000000157. The summed E-state index contributed by atoms with van der Waals surface area (Å²) < 4.78 is 15.4. The van der Waals surface area contributed by atoms with Crippen molar-refractivity contribution in [1.29, 1.82) is 0 Å². The van der Waals surface area contributed by atoms with Gasteiger partial charge in [0.15, 0.2) is 28.8 Å². The van der Waals surface area contributed by atoms with E-state index in [1.54, 1.807) is 156 Å². The molecular formula is C84H80BrN21O17. The number of fused-ring (bicyclic) bond motifs is 2. The van der Waals surface area contributed by atoms with E-state index in [1.165, 1.54) is 76.5 Å². The van der Waals surface area contributed by atoms with Crippen LogP contribution in [-0.2, 0) is 6.54 Å². The van der Waals surface area contributed by atoms with E-state index < -0.39 is 35.2 Å². The lowest BCUT2D eigenvalue weighted by atomic mass is 10.1. The first-order chi connectivity index (χ1) is 59.2. The molecule has 0 saturated heterocycles. The molecule has 9 aromatic heterocycles. The Morgan fingerprint density at radius 3 is 1.20 bits per heavy atom. The maximum atomic E-state index is 13.0. The first-order valence-electron chi connectivity index (χ1n) is 36.9. The summed E-state index contributed by atoms with van der Waals surface area (Å²) in [5.41, 5.74) is 15.1. The van der Waals surface area contributed by atoms with Gasteiger partial charge in [-0.3, -0.25) is 72.0 Å². The molecule has 0 radical (unpaired) electrons. The highest BCUT2D eigenvalue weighted by molar-refractivity contribution is 9.09. The van der Waals surface area contributed by atoms with Gasteiger partial charge in [0.05, 0.1) is 52.7 Å². The van der Waals surface area contributed by atoms with Gasteiger partial charge in [-0.05, 0) is 78.4 Å². The van der Waals surface area contributed by atoms with Crippen LogP contribution in [0.15, 0.2) is 227 Å². The number of amides is 11. The highest BCUT2D eigenvalue weighted by Gasteiger charge is 2.41. The predicted molar refractivity (Wildman–Crippen MR) is 451 cm³/mol. The minimum Gasteiger partial charge on any atom is -0.394 e.